The second-order valence-electron chi connectivity index (χ2n) is 2.23. The molecule has 2 N–H and O–H groups in total. The molecule has 0 radical (unpaired) electrons. The molecule has 0 unspecified atom stereocenters. The average molecular weight is 135 g/mol. The van der Waals surface area contributed by atoms with Crippen LogP contribution in [0.1, 0.15) is 0 Å². The molecule has 0 fully saturated rings. The number of anilines is 1. The van der Waals surface area contributed by atoms with Crippen molar-refractivity contribution < 1.29 is 4.74 Å². The Labute approximate surface area is 61.4 Å². The molecule has 0 aliphatic carbocycles. The maximum Gasteiger partial charge on any atom is 0.144 e. The third kappa shape index (κ3) is 1.24. The van der Waals surface area contributed by atoms with E-state index in [0.717, 1.165) is 16.9 Å². The Kier molecular flexibility index (Phi) is 1.85. The number of methoxy groups -OCH3 is 1. The van der Waals surface area contributed by atoms with Gasteiger partial charge in [-0.15, -0.1) is 0 Å². The lowest BCUT2D eigenvalue weighted by Crippen LogP contribution is -2.07. The van der Waals surface area contributed by atoms with Crippen molar-refractivity contribution in [2.24, 2.45) is 0 Å². The van der Waals surface area contributed by atoms with Gasteiger partial charge in [-0.2, -0.15) is 0 Å². The summed E-state index contributed by atoms with van der Waals surface area (Å²) in [4.78, 5) is 0. The first-order valence-electron chi connectivity index (χ1n) is 3.14. The molecule has 0 aliphatic heterocycles. The van der Waals surface area contributed by atoms with Gasteiger partial charge in [0.25, 0.3) is 0 Å². The van der Waals surface area contributed by atoms with Crippen LogP contribution in [0.3, 0.4) is 0 Å². The van der Waals surface area contributed by atoms with Crippen LogP contribution in [0.4, 0.5) is 5.69 Å². The number of nitrogens with two attached hydrogens (primary N) is 1. The van der Waals surface area contributed by atoms with Crippen molar-refractivity contribution in [3.63, 3.8) is 0 Å². The zero-order valence-corrected chi connectivity index (χ0v) is 6.22. The molecule has 0 spiro atoms. The predicted molar refractivity (Wildman–Crippen MR) is 45.6 cm³/mol. The molecule has 10 heavy (non-hydrogen) atoms. The summed E-state index contributed by atoms with van der Waals surface area (Å²) in [5, 5.41) is 0. The molecular weight excluding hydrogens is 125 g/mol. The molecule has 2 nitrogen and oxygen atoms in total. The fraction of sp³-hybridized carbons (Fsp3) is 0.143. The van der Waals surface area contributed by atoms with E-state index in [-0.39, 0.29) is 0 Å². The van der Waals surface area contributed by atoms with Crippen molar-refractivity contribution in [3.8, 4) is 5.75 Å². The van der Waals surface area contributed by atoms with E-state index in [1.54, 1.807) is 7.11 Å². The van der Waals surface area contributed by atoms with Gasteiger partial charge in [0.05, 0.1) is 7.11 Å². The van der Waals surface area contributed by atoms with Crippen molar-refractivity contribution in [3.05, 3.63) is 18.2 Å². The summed E-state index contributed by atoms with van der Waals surface area (Å²) in [6.45, 7) is 0. The molecule has 0 atom stereocenters. The van der Waals surface area contributed by atoms with E-state index in [2.05, 4.69) is 0 Å². The van der Waals surface area contributed by atoms with Gasteiger partial charge in [-0.25, -0.2) is 0 Å². The van der Waals surface area contributed by atoms with Gasteiger partial charge in [-0.3, -0.25) is 0 Å². The van der Waals surface area contributed by atoms with E-state index >= 15 is 0 Å². The van der Waals surface area contributed by atoms with Gasteiger partial charge in [-0.1, -0.05) is 0 Å². The molecule has 0 aliphatic rings. The number of rotatable bonds is 1. The SMILES string of the molecule is Bc1cc(N)ccc1OC. The monoisotopic (exact) mass is 135 g/mol. The molecule has 0 heterocycles. The Morgan fingerprint density at radius 2 is 2.20 bits per heavy atom. The van der Waals surface area contributed by atoms with E-state index in [0.29, 0.717) is 0 Å². The maximum absolute atomic E-state index is 5.53. The largest absolute Gasteiger partial charge is 0.497 e. The molecule has 0 aromatic heterocycles. The van der Waals surface area contributed by atoms with Crippen LogP contribution in [0.2, 0.25) is 0 Å². The van der Waals surface area contributed by atoms with Gasteiger partial charge < -0.3 is 10.5 Å². The lowest BCUT2D eigenvalue weighted by Gasteiger charge is -2.03. The van der Waals surface area contributed by atoms with Crippen LogP contribution in [0.15, 0.2) is 18.2 Å². The van der Waals surface area contributed by atoms with Crippen molar-refractivity contribution in [1.82, 2.24) is 0 Å². The van der Waals surface area contributed by atoms with Crippen LogP contribution >= 0.6 is 0 Å². The van der Waals surface area contributed by atoms with Crippen molar-refractivity contribution in [2.75, 3.05) is 12.8 Å². The maximum atomic E-state index is 5.53. The summed E-state index contributed by atoms with van der Waals surface area (Å²) in [6.07, 6.45) is 0. The van der Waals surface area contributed by atoms with Crippen LogP contribution in [0, 0.1) is 0 Å². The Morgan fingerprint density at radius 3 is 2.70 bits per heavy atom. The highest BCUT2D eigenvalue weighted by atomic mass is 16.5. The Morgan fingerprint density at radius 1 is 1.50 bits per heavy atom. The Balaban J connectivity index is 3.07. The van der Waals surface area contributed by atoms with Gasteiger partial charge in [0.2, 0.25) is 0 Å². The van der Waals surface area contributed by atoms with E-state index in [1.807, 2.05) is 26.0 Å². The quantitative estimate of drug-likeness (QED) is 0.417. The van der Waals surface area contributed by atoms with Crippen LogP contribution in [-0.2, 0) is 0 Å². The van der Waals surface area contributed by atoms with Gasteiger partial charge in [0.15, 0.2) is 0 Å². The number of nitrogen functional groups attached to an aromatic ring is 1. The molecule has 52 valence electrons. The number of benzene rings is 1. The predicted octanol–water partition coefficient (Wildman–Crippen LogP) is -0.464. The highest BCUT2D eigenvalue weighted by Gasteiger charge is 1.95. The molecule has 0 saturated carbocycles. The summed E-state index contributed by atoms with van der Waals surface area (Å²) in [7, 11) is 3.62. The van der Waals surface area contributed by atoms with Crippen molar-refractivity contribution >= 4 is 19.0 Å². The number of ether oxygens (including phenoxy) is 1. The minimum Gasteiger partial charge on any atom is -0.497 e. The van der Waals surface area contributed by atoms with Crippen LogP contribution in [-0.4, -0.2) is 15.0 Å². The molecule has 1 aromatic rings. The lowest BCUT2D eigenvalue weighted by atomic mass is 9.95. The first-order valence-corrected chi connectivity index (χ1v) is 3.14. The first-order chi connectivity index (χ1) is 4.74. The summed E-state index contributed by atoms with van der Waals surface area (Å²) >= 11 is 0. The summed E-state index contributed by atoms with van der Waals surface area (Å²) in [5.74, 6) is 0.884. The van der Waals surface area contributed by atoms with Gasteiger partial charge >= 0.3 is 0 Å². The summed E-state index contributed by atoms with van der Waals surface area (Å²) in [6, 6.07) is 5.58. The fourth-order valence-corrected chi connectivity index (χ4v) is 0.902. The van der Waals surface area contributed by atoms with Crippen LogP contribution in [0.5, 0.6) is 5.75 Å². The fourth-order valence-electron chi connectivity index (χ4n) is 0.902. The third-order valence-corrected chi connectivity index (χ3v) is 1.42. The molecule has 1 aromatic carbocycles. The topological polar surface area (TPSA) is 35.2 Å². The van der Waals surface area contributed by atoms with Crippen molar-refractivity contribution in [2.45, 2.75) is 0 Å². The summed E-state index contributed by atoms with van der Waals surface area (Å²) in [5.41, 5.74) is 7.37. The summed E-state index contributed by atoms with van der Waals surface area (Å²) < 4.78 is 5.04. The van der Waals surface area contributed by atoms with Gasteiger partial charge in [0.1, 0.15) is 13.6 Å². The minimum absolute atomic E-state index is 0.776. The molecule has 0 amide bonds. The second-order valence-corrected chi connectivity index (χ2v) is 2.23. The van der Waals surface area contributed by atoms with Crippen LogP contribution < -0.4 is 15.9 Å². The number of hydrogen-bond donors (Lipinski definition) is 1. The van der Waals surface area contributed by atoms with Gasteiger partial charge in [-0.05, 0) is 23.7 Å². The van der Waals surface area contributed by atoms with E-state index < -0.39 is 0 Å². The average Bonchev–Trinajstić information content (AvgIpc) is 1.88. The molecule has 0 bridgehead atoms. The normalized spacial score (nSPS) is 9.30. The highest BCUT2D eigenvalue weighted by Crippen LogP contribution is 2.08. The van der Waals surface area contributed by atoms with E-state index in [4.69, 9.17) is 10.5 Å². The van der Waals surface area contributed by atoms with Crippen molar-refractivity contribution in [1.29, 1.82) is 0 Å². The van der Waals surface area contributed by atoms with E-state index in [1.165, 1.54) is 0 Å². The van der Waals surface area contributed by atoms with Crippen LogP contribution in [0.25, 0.3) is 0 Å². The highest BCUT2D eigenvalue weighted by molar-refractivity contribution is 6.34. The molecule has 0 saturated heterocycles. The minimum atomic E-state index is 0.776. The van der Waals surface area contributed by atoms with E-state index in [9.17, 15) is 0 Å². The zero-order chi connectivity index (χ0) is 7.56. The molecule has 1 rings (SSSR count). The second kappa shape index (κ2) is 2.65. The standard InChI is InChI=1S/C7H10BNO/c1-10-7-3-2-5(9)4-6(7)8/h2-4H,8-9H2,1H3. The smallest absolute Gasteiger partial charge is 0.144 e. The Hall–Kier alpha value is -1.12. The molecular formula is C7H10BNO. The lowest BCUT2D eigenvalue weighted by molar-refractivity contribution is 0.418. The van der Waals surface area contributed by atoms with Gasteiger partial charge in [0, 0.05) is 5.69 Å². The third-order valence-electron chi connectivity index (χ3n) is 1.42. The first kappa shape index (κ1) is 7.00. The molecule has 3 heteroatoms. The Bertz CT molecular complexity index is 237. The zero-order valence-electron chi connectivity index (χ0n) is 6.22. The number of hydrogen-bond acceptors (Lipinski definition) is 2.